The number of hydrogen-bond donors (Lipinski definition) is 1. The van der Waals surface area contributed by atoms with Crippen molar-refractivity contribution in [3.05, 3.63) is 24.8 Å². The maximum Gasteiger partial charge on any atom is 0.0863 e. The zero-order chi connectivity index (χ0) is 9.94. The van der Waals surface area contributed by atoms with E-state index in [4.69, 9.17) is 4.84 Å². The van der Waals surface area contributed by atoms with E-state index >= 15 is 0 Å². The molecule has 0 radical (unpaired) electrons. The second-order valence-corrected chi connectivity index (χ2v) is 3.08. The van der Waals surface area contributed by atoms with Crippen LogP contribution in [0, 0.1) is 0 Å². The molecule has 0 saturated carbocycles. The Morgan fingerprint density at radius 2 is 2.15 bits per heavy atom. The van der Waals surface area contributed by atoms with Crippen molar-refractivity contribution in [1.82, 2.24) is 5.48 Å². The standard InChI is InChI=1S/C11H21NO/c1-4-6-7-8-9-10-13-12-11(3)5-2/h4,8-9,11-12H,1,5-7,10H2,2-3H3/b9-8+. The zero-order valence-corrected chi connectivity index (χ0v) is 8.75. The highest BCUT2D eigenvalue weighted by Crippen LogP contribution is 1.91. The van der Waals surface area contributed by atoms with Crippen LogP contribution in [-0.2, 0) is 4.84 Å². The molecule has 0 rings (SSSR count). The Balaban J connectivity index is 3.14. The summed E-state index contributed by atoms with van der Waals surface area (Å²) in [6.45, 7) is 8.52. The van der Waals surface area contributed by atoms with Crippen molar-refractivity contribution in [1.29, 1.82) is 0 Å². The molecule has 0 bridgehead atoms. The molecule has 1 atom stereocenters. The molecule has 1 unspecified atom stereocenters. The van der Waals surface area contributed by atoms with E-state index in [1.54, 1.807) is 0 Å². The molecule has 0 aliphatic carbocycles. The van der Waals surface area contributed by atoms with Gasteiger partial charge in [-0.3, -0.25) is 4.84 Å². The van der Waals surface area contributed by atoms with Crippen LogP contribution >= 0.6 is 0 Å². The quantitative estimate of drug-likeness (QED) is 0.355. The normalized spacial score (nSPS) is 13.4. The lowest BCUT2D eigenvalue weighted by Gasteiger charge is -2.09. The second-order valence-electron chi connectivity index (χ2n) is 3.08. The van der Waals surface area contributed by atoms with Crippen LogP contribution < -0.4 is 5.48 Å². The number of unbranched alkanes of at least 4 members (excludes halogenated alkanes) is 1. The van der Waals surface area contributed by atoms with Gasteiger partial charge in [0.25, 0.3) is 0 Å². The molecule has 1 N–H and O–H groups in total. The van der Waals surface area contributed by atoms with E-state index in [-0.39, 0.29) is 0 Å². The number of allylic oxidation sites excluding steroid dienone is 2. The second kappa shape index (κ2) is 9.49. The molecular weight excluding hydrogens is 162 g/mol. The minimum atomic E-state index is 0.432. The Labute approximate surface area is 81.6 Å². The van der Waals surface area contributed by atoms with Gasteiger partial charge in [0.1, 0.15) is 0 Å². The van der Waals surface area contributed by atoms with Crippen molar-refractivity contribution >= 4 is 0 Å². The lowest BCUT2D eigenvalue weighted by Crippen LogP contribution is -2.25. The summed E-state index contributed by atoms with van der Waals surface area (Å²) in [5.41, 5.74) is 2.95. The van der Waals surface area contributed by atoms with Crippen molar-refractivity contribution in [2.75, 3.05) is 6.61 Å². The summed E-state index contributed by atoms with van der Waals surface area (Å²) < 4.78 is 0. The Morgan fingerprint density at radius 3 is 2.77 bits per heavy atom. The number of nitrogens with one attached hydrogen (secondary N) is 1. The van der Waals surface area contributed by atoms with Gasteiger partial charge >= 0.3 is 0 Å². The van der Waals surface area contributed by atoms with Crippen molar-refractivity contribution < 1.29 is 4.84 Å². The van der Waals surface area contributed by atoms with Gasteiger partial charge in [-0.05, 0) is 26.2 Å². The van der Waals surface area contributed by atoms with E-state index in [0.717, 1.165) is 19.3 Å². The van der Waals surface area contributed by atoms with Crippen molar-refractivity contribution in [2.45, 2.75) is 39.2 Å². The maximum atomic E-state index is 5.20. The van der Waals surface area contributed by atoms with Crippen LogP contribution in [0.4, 0.5) is 0 Å². The maximum absolute atomic E-state index is 5.20. The third-order valence-corrected chi connectivity index (χ3v) is 1.78. The van der Waals surface area contributed by atoms with Crippen LogP contribution in [0.25, 0.3) is 0 Å². The molecule has 0 aromatic heterocycles. The summed E-state index contributed by atoms with van der Waals surface area (Å²) in [7, 11) is 0. The number of rotatable bonds is 8. The van der Waals surface area contributed by atoms with E-state index in [1.165, 1.54) is 0 Å². The third kappa shape index (κ3) is 9.31. The molecule has 0 aromatic carbocycles. The van der Waals surface area contributed by atoms with Crippen molar-refractivity contribution in [2.24, 2.45) is 0 Å². The van der Waals surface area contributed by atoms with Gasteiger partial charge in [0, 0.05) is 6.04 Å². The van der Waals surface area contributed by atoms with Gasteiger partial charge < -0.3 is 0 Å². The molecule has 0 aromatic rings. The van der Waals surface area contributed by atoms with Gasteiger partial charge in [0.05, 0.1) is 6.61 Å². The first-order valence-corrected chi connectivity index (χ1v) is 4.94. The molecule has 0 amide bonds. The fourth-order valence-electron chi connectivity index (χ4n) is 0.722. The summed E-state index contributed by atoms with van der Waals surface area (Å²) in [6, 6.07) is 0.432. The van der Waals surface area contributed by atoms with E-state index < -0.39 is 0 Å². The van der Waals surface area contributed by atoms with Crippen LogP contribution in [0.15, 0.2) is 24.8 Å². The third-order valence-electron chi connectivity index (χ3n) is 1.78. The first-order valence-electron chi connectivity index (χ1n) is 4.94. The zero-order valence-electron chi connectivity index (χ0n) is 8.75. The van der Waals surface area contributed by atoms with Gasteiger partial charge in [-0.1, -0.05) is 25.2 Å². The molecule has 0 aliphatic rings. The lowest BCUT2D eigenvalue weighted by molar-refractivity contribution is 0.0384. The van der Waals surface area contributed by atoms with Crippen molar-refractivity contribution in [3.8, 4) is 0 Å². The number of hydroxylamine groups is 1. The van der Waals surface area contributed by atoms with Gasteiger partial charge in [0.15, 0.2) is 0 Å². The van der Waals surface area contributed by atoms with Gasteiger partial charge in [0.2, 0.25) is 0 Å². The molecule has 0 aliphatic heterocycles. The molecule has 0 fully saturated rings. The van der Waals surface area contributed by atoms with Crippen molar-refractivity contribution in [3.63, 3.8) is 0 Å². The molecule has 0 heterocycles. The lowest BCUT2D eigenvalue weighted by atomic mass is 10.3. The molecule has 0 spiro atoms. The Bertz CT molecular complexity index is 143. The van der Waals surface area contributed by atoms with E-state index in [2.05, 4.69) is 32.0 Å². The Kier molecular flexibility index (Phi) is 9.05. The summed E-state index contributed by atoms with van der Waals surface area (Å²) in [5.74, 6) is 0. The fourth-order valence-corrected chi connectivity index (χ4v) is 0.722. The average molecular weight is 183 g/mol. The van der Waals surface area contributed by atoms with Gasteiger partial charge in [-0.25, -0.2) is 0 Å². The Morgan fingerprint density at radius 1 is 1.38 bits per heavy atom. The van der Waals surface area contributed by atoms with E-state index in [9.17, 15) is 0 Å². The molecular formula is C11H21NO. The highest BCUT2D eigenvalue weighted by molar-refractivity contribution is 4.84. The predicted molar refractivity (Wildman–Crippen MR) is 57.4 cm³/mol. The molecule has 0 saturated heterocycles. The highest BCUT2D eigenvalue weighted by Gasteiger charge is 1.93. The average Bonchev–Trinajstić information content (AvgIpc) is 2.16. The SMILES string of the molecule is C=CCC/C=C/CONC(C)CC. The molecule has 13 heavy (non-hydrogen) atoms. The molecule has 76 valence electrons. The first-order chi connectivity index (χ1) is 6.31. The monoisotopic (exact) mass is 183 g/mol. The highest BCUT2D eigenvalue weighted by atomic mass is 16.6. The van der Waals surface area contributed by atoms with E-state index in [1.807, 2.05) is 12.2 Å². The summed E-state index contributed by atoms with van der Waals surface area (Å²) in [5, 5.41) is 0. The van der Waals surface area contributed by atoms with Gasteiger partial charge in [-0.2, -0.15) is 5.48 Å². The van der Waals surface area contributed by atoms with Crippen LogP contribution in [0.5, 0.6) is 0 Å². The van der Waals surface area contributed by atoms with Gasteiger partial charge in [-0.15, -0.1) is 6.58 Å². The predicted octanol–water partition coefficient (Wildman–Crippen LogP) is 2.83. The minimum absolute atomic E-state index is 0.432. The summed E-state index contributed by atoms with van der Waals surface area (Å²) in [4.78, 5) is 5.20. The fraction of sp³-hybridized carbons (Fsp3) is 0.636. The van der Waals surface area contributed by atoms with Crippen LogP contribution in [0.2, 0.25) is 0 Å². The topological polar surface area (TPSA) is 21.3 Å². The van der Waals surface area contributed by atoms with Crippen LogP contribution in [0.3, 0.4) is 0 Å². The Hall–Kier alpha value is -0.600. The van der Waals surface area contributed by atoms with E-state index in [0.29, 0.717) is 12.6 Å². The molecule has 2 heteroatoms. The first kappa shape index (κ1) is 12.4. The largest absolute Gasteiger partial charge is 0.297 e. The summed E-state index contributed by atoms with van der Waals surface area (Å²) >= 11 is 0. The summed E-state index contributed by atoms with van der Waals surface area (Å²) in [6.07, 6.45) is 9.23. The number of hydrogen-bond acceptors (Lipinski definition) is 2. The molecule has 2 nitrogen and oxygen atoms in total. The smallest absolute Gasteiger partial charge is 0.0863 e. The van der Waals surface area contributed by atoms with Crippen LogP contribution in [0.1, 0.15) is 33.1 Å². The minimum Gasteiger partial charge on any atom is -0.297 e. The van der Waals surface area contributed by atoms with Crippen LogP contribution in [-0.4, -0.2) is 12.6 Å².